The minimum Gasteiger partial charge on any atom is -0.487 e. The van der Waals surface area contributed by atoms with Gasteiger partial charge in [-0.05, 0) is 79.5 Å². The first kappa shape index (κ1) is 30.9. The number of nitrogens with one attached hydrogen (secondary N) is 1. The van der Waals surface area contributed by atoms with Gasteiger partial charge in [-0.3, -0.25) is 4.79 Å². The van der Waals surface area contributed by atoms with Crippen LogP contribution in [0.2, 0.25) is 5.02 Å². The van der Waals surface area contributed by atoms with Crippen molar-refractivity contribution in [2.75, 3.05) is 32.0 Å². The Morgan fingerprint density at radius 2 is 1.93 bits per heavy atom. The standard InChI is InChI=1S/C30H29ClFN5O2.2H2S/c1-36-10-9-21-15-37(16-27(21)36)29(38)13-19-5-7-26-24(12-19)30(34-18-33-26)35-23-6-8-28(25(31)14-23)39-17-20-3-2-4-22(32)11-20;;/h2-8,11-12,14,18,21,27H,9-10,13,15-17H2,1H3,(H,33,34,35);2*1H2/t21-,27+;;/m0../s1. The highest BCUT2D eigenvalue weighted by Crippen LogP contribution is 2.32. The monoisotopic (exact) mass is 613 g/mol. The summed E-state index contributed by atoms with van der Waals surface area (Å²) in [6.45, 7) is 2.98. The lowest BCUT2D eigenvalue weighted by atomic mass is 10.1. The third-order valence-corrected chi connectivity index (χ3v) is 8.01. The maximum absolute atomic E-state index is 13.4. The predicted molar refractivity (Wildman–Crippen MR) is 171 cm³/mol. The van der Waals surface area contributed by atoms with Crippen molar-refractivity contribution in [2.24, 2.45) is 5.92 Å². The van der Waals surface area contributed by atoms with Crippen molar-refractivity contribution in [3.05, 3.63) is 89.0 Å². The largest absolute Gasteiger partial charge is 0.487 e. The molecule has 41 heavy (non-hydrogen) atoms. The summed E-state index contributed by atoms with van der Waals surface area (Å²) in [6, 6.07) is 18.0. The maximum atomic E-state index is 13.4. The Morgan fingerprint density at radius 1 is 1.07 bits per heavy atom. The molecular formula is C30H33ClFN5O2S2. The number of likely N-dealkylation sites (N-methyl/N-ethyl adjacent to an activating group) is 1. The maximum Gasteiger partial charge on any atom is 0.227 e. The molecule has 2 aliphatic rings. The summed E-state index contributed by atoms with van der Waals surface area (Å²) in [7, 11) is 2.15. The highest BCUT2D eigenvalue weighted by atomic mass is 35.5. The normalized spacial score (nSPS) is 18.0. The van der Waals surface area contributed by atoms with E-state index in [2.05, 4.69) is 27.2 Å². The van der Waals surface area contributed by atoms with Crippen molar-refractivity contribution < 1.29 is 13.9 Å². The Morgan fingerprint density at radius 3 is 2.71 bits per heavy atom. The molecule has 2 aliphatic heterocycles. The summed E-state index contributed by atoms with van der Waals surface area (Å²) in [5, 5.41) is 4.56. The number of halogens is 2. The van der Waals surface area contributed by atoms with Crippen LogP contribution in [0.3, 0.4) is 0 Å². The molecule has 1 N–H and O–H groups in total. The number of rotatable bonds is 7. The topological polar surface area (TPSA) is 70.6 Å². The van der Waals surface area contributed by atoms with Gasteiger partial charge < -0.3 is 19.9 Å². The van der Waals surface area contributed by atoms with Crippen molar-refractivity contribution in [3.8, 4) is 5.75 Å². The highest BCUT2D eigenvalue weighted by molar-refractivity contribution is 7.59. The van der Waals surface area contributed by atoms with E-state index < -0.39 is 0 Å². The molecule has 3 aromatic carbocycles. The Hall–Kier alpha value is -3.05. The molecule has 0 bridgehead atoms. The third kappa shape index (κ3) is 6.89. The van der Waals surface area contributed by atoms with Crippen molar-refractivity contribution in [1.29, 1.82) is 0 Å². The minimum atomic E-state index is -0.308. The van der Waals surface area contributed by atoms with Gasteiger partial charge in [-0.2, -0.15) is 27.0 Å². The molecule has 0 radical (unpaired) electrons. The van der Waals surface area contributed by atoms with E-state index in [0.717, 1.165) is 53.8 Å². The number of hydrogen-bond acceptors (Lipinski definition) is 6. The van der Waals surface area contributed by atoms with Gasteiger partial charge in [0.25, 0.3) is 0 Å². The second-order valence-corrected chi connectivity index (χ2v) is 10.7. The van der Waals surface area contributed by atoms with Crippen LogP contribution in [-0.2, 0) is 17.8 Å². The molecule has 2 saturated heterocycles. The third-order valence-electron chi connectivity index (χ3n) is 7.71. The molecule has 2 atom stereocenters. The minimum absolute atomic E-state index is 0. The Balaban J connectivity index is 0.00000194. The van der Waals surface area contributed by atoms with E-state index in [9.17, 15) is 9.18 Å². The summed E-state index contributed by atoms with van der Waals surface area (Å²) in [5.41, 5.74) is 3.15. The van der Waals surface area contributed by atoms with Gasteiger partial charge in [0.1, 0.15) is 30.3 Å². The van der Waals surface area contributed by atoms with Gasteiger partial charge in [0.15, 0.2) is 0 Å². The SMILES string of the molecule is CN1CC[C@H]2CN(C(=O)Cc3ccc4ncnc(Nc5ccc(OCc6cccc(F)c6)c(Cl)c5)c4c3)C[C@H]21.S.S. The van der Waals surface area contributed by atoms with Crippen molar-refractivity contribution >= 4 is 66.9 Å². The predicted octanol–water partition coefficient (Wildman–Crippen LogP) is 5.68. The van der Waals surface area contributed by atoms with Crippen LogP contribution in [0.15, 0.2) is 67.0 Å². The lowest BCUT2D eigenvalue weighted by Crippen LogP contribution is -2.35. The number of carbonyl (C=O) groups is 1. The Labute approximate surface area is 258 Å². The van der Waals surface area contributed by atoms with Gasteiger partial charge in [-0.25, -0.2) is 14.4 Å². The van der Waals surface area contributed by atoms with Gasteiger partial charge in [0.05, 0.1) is 17.0 Å². The second kappa shape index (κ2) is 13.3. The number of likely N-dealkylation sites (tertiary alicyclic amines) is 2. The van der Waals surface area contributed by atoms with E-state index in [1.165, 1.54) is 18.5 Å². The Bertz CT molecular complexity index is 1540. The van der Waals surface area contributed by atoms with Gasteiger partial charge in [-0.1, -0.05) is 29.8 Å². The summed E-state index contributed by atoms with van der Waals surface area (Å²) in [6.07, 6.45) is 3.01. The smallest absolute Gasteiger partial charge is 0.227 e. The number of aromatic nitrogens is 2. The first-order valence-electron chi connectivity index (χ1n) is 13.1. The molecule has 0 spiro atoms. The average Bonchev–Trinajstić information content (AvgIpc) is 3.51. The molecule has 7 nitrogen and oxygen atoms in total. The molecule has 1 aromatic heterocycles. The fraction of sp³-hybridized carbons (Fsp3) is 0.300. The highest BCUT2D eigenvalue weighted by Gasteiger charge is 2.40. The summed E-state index contributed by atoms with van der Waals surface area (Å²) < 4.78 is 19.2. The second-order valence-electron chi connectivity index (χ2n) is 10.3. The van der Waals surface area contributed by atoms with Crippen LogP contribution in [0.4, 0.5) is 15.9 Å². The van der Waals surface area contributed by atoms with Crippen molar-refractivity contribution in [3.63, 3.8) is 0 Å². The summed E-state index contributed by atoms with van der Waals surface area (Å²) >= 11 is 6.48. The van der Waals surface area contributed by atoms with Crippen LogP contribution in [0.25, 0.3) is 10.9 Å². The quantitative estimate of drug-likeness (QED) is 0.289. The number of nitrogens with zero attached hydrogens (tertiary/aromatic N) is 4. The summed E-state index contributed by atoms with van der Waals surface area (Å²) in [5.74, 6) is 1.56. The van der Waals surface area contributed by atoms with Crippen molar-refractivity contribution in [1.82, 2.24) is 19.8 Å². The van der Waals surface area contributed by atoms with Gasteiger partial charge in [0.2, 0.25) is 5.91 Å². The van der Waals surface area contributed by atoms with E-state index in [-0.39, 0.29) is 45.3 Å². The first-order chi connectivity index (χ1) is 18.9. The average molecular weight is 614 g/mol. The molecule has 0 aliphatic carbocycles. The van der Waals surface area contributed by atoms with Crippen molar-refractivity contribution in [2.45, 2.75) is 25.5 Å². The molecule has 0 unspecified atom stereocenters. The number of fused-ring (bicyclic) bond motifs is 2. The summed E-state index contributed by atoms with van der Waals surface area (Å²) in [4.78, 5) is 26.3. The van der Waals surface area contributed by atoms with Crippen LogP contribution in [0.1, 0.15) is 17.5 Å². The molecule has 216 valence electrons. The molecule has 0 saturated carbocycles. The number of carbonyl (C=O) groups excluding carboxylic acids is 1. The fourth-order valence-corrected chi connectivity index (χ4v) is 5.83. The zero-order chi connectivity index (χ0) is 26.9. The zero-order valence-corrected chi connectivity index (χ0v) is 25.4. The number of anilines is 2. The fourth-order valence-electron chi connectivity index (χ4n) is 5.60. The molecule has 1 amide bonds. The van der Waals surface area contributed by atoms with Crippen LogP contribution < -0.4 is 10.1 Å². The number of hydrogen-bond donors (Lipinski definition) is 1. The Kier molecular flexibility index (Phi) is 10.0. The molecule has 3 heterocycles. The van der Waals surface area contributed by atoms with Gasteiger partial charge in [-0.15, -0.1) is 0 Å². The molecule has 11 heteroatoms. The van der Waals surface area contributed by atoms with Crippen LogP contribution in [0, 0.1) is 11.7 Å². The first-order valence-corrected chi connectivity index (χ1v) is 13.5. The van der Waals surface area contributed by atoms with Crippen LogP contribution >= 0.6 is 38.6 Å². The van der Waals surface area contributed by atoms with Gasteiger partial charge >= 0.3 is 0 Å². The van der Waals surface area contributed by atoms with Crippen LogP contribution in [-0.4, -0.2) is 58.4 Å². The number of ether oxygens (including phenoxy) is 1. The molecule has 2 fully saturated rings. The lowest BCUT2D eigenvalue weighted by Gasteiger charge is -2.21. The van der Waals surface area contributed by atoms with E-state index in [4.69, 9.17) is 16.3 Å². The molecule has 4 aromatic rings. The zero-order valence-electron chi connectivity index (χ0n) is 22.6. The molecule has 6 rings (SSSR count). The van der Waals surface area contributed by atoms with E-state index in [1.807, 2.05) is 29.2 Å². The van der Waals surface area contributed by atoms with E-state index >= 15 is 0 Å². The number of benzene rings is 3. The molecular weight excluding hydrogens is 581 g/mol. The van der Waals surface area contributed by atoms with Crippen LogP contribution in [0.5, 0.6) is 5.75 Å². The van der Waals surface area contributed by atoms with E-state index in [1.54, 1.807) is 24.3 Å². The van der Waals surface area contributed by atoms with E-state index in [0.29, 0.717) is 35.0 Å². The lowest BCUT2D eigenvalue weighted by molar-refractivity contribution is -0.129. The number of amides is 1. The van der Waals surface area contributed by atoms with Gasteiger partial charge in [0, 0.05) is 30.2 Å².